The van der Waals surface area contributed by atoms with Crippen LogP contribution in [0.25, 0.3) is 0 Å². The Balaban J connectivity index is 1.70. The van der Waals surface area contributed by atoms with Crippen molar-refractivity contribution in [2.45, 2.75) is 65.2 Å². The molecular formula is C20H28O2. The van der Waals surface area contributed by atoms with Gasteiger partial charge in [0.05, 0.1) is 0 Å². The lowest BCUT2D eigenvalue weighted by Gasteiger charge is -2.56. The summed E-state index contributed by atoms with van der Waals surface area (Å²) in [5.74, 6) is 1.80. The Bertz CT molecular complexity index is 572. The van der Waals surface area contributed by atoms with Gasteiger partial charge in [0.2, 0.25) is 0 Å². The van der Waals surface area contributed by atoms with Crippen LogP contribution in [0.1, 0.15) is 65.2 Å². The average molecular weight is 300 g/mol. The molecule has 0 saturated heterocycles. The summed E-state index contributed by atoms with van der Waals surface area (Å²) < 4.78 is 0. The van der Waals surface area contributed by atoms with Crippen molar-refractivity contribution in [2.24, 2.45) is 28.6 Å². The van der Waals surface area contributed by atoms with Gasteiger partial charge in [0, 0.05) is 5.57 Å². The summed E-state index contributed by atoms with van der Waals surface area (Å²) in [6.07, 6.45) is 14.4. The summed E-state index contributed by atoms with van der Waals surface area (Å²) in [5.41, 5.74) is 2.77. The van der Waals surface area contributed by atoms with E-state index in [4.69, 9.17) is 0 Å². The topological polar surface area (TPSA) is 37.3 Å². The van der Waals surface area contributed by atoms with Crippen molar-refractivity contribution in [1.82, 2.24) is 0 Å². The van der Waals surface area contributed by atoms with Crippen LogP contribution in [0.3, 0.4) is 0 Å². The van der Waals surface area contributed by atoms with Crippen molar-refractivity contribution < 1.29 is 9.90 Å². The number of fused-ring (bicyclic) bond motifs is 5. The van der Waals surface area contributed by atoms with E-state index in [0.717, 1.165) is 30.6 Å². The summed E-state index contributed by atoms with van der Waals surface area (Å²) in [4.78, 5) is 11.3. The van der Waals surface area contributed by atoms with Gasteiger partial charge in [0.15, 0.2) is 0 Å². The van der Waals surface area contributed by atoms with Gasteiger partial charge in [-0.1, -0.05) is 26.3 Å². The molecule has 22 heavy (non-hydrogen) atoms. The van der Waals surface area contributed by atoms with E-state index in [1.54, 1.807) is 0 Å². The highest BCUT2D eigenvalue weighted by Gasteiger charge is 2.55. The third-order valence-corrected chi connectivity index (χ3v) is 7.82. The standard InChI is InChI=1S/C20H28O2/c1-19-9-3-4-16(19)15-6-5-14-12-13(18(21)22)7-11-20(14,2)17(15)8-10-19/h5,12,15-17H,3-4,6-11H2,1-2H3,(H,21,22)/t15-,16-,17+,19-,20-/m0/s1. The number of carboxylic acid groups (broad SMARTS) is 1. The van der Waals surface area contributed by atoms with Crippen molar-refractivity contribution in [3.05, 3.63) is 23.3 Å². The van der Waals surface area contributed by atoms with Gasteiger partial charge >= 0.3 is 5.97 Å². The van der Waals surface area contributed by atoms with Crippen LogP contribution in [0.5, 0.6) is 0 Å². The van der Waals surface area contributed by atoms with Crippen LogP contribution in [-0.4, -0.2) is 11.1 Å². The lowest BCUT2D eigenvalue weighted by molar-refractivity contribution is -0.133. The van der Waals surface area contributed by atoms with Gasteiger partial charge in [-0.15, -0.1) is 0 Å². The van der Waals surface area contributed by atoms with E-state index in [0.29, 0.717) is 11.0 Å². The van der Waals surface area contributed by atoms with Crippen LogP contribution in [0.15, 0.2) is 23.3 Å². The second-order valence-electron chi connectivity index (χ2n) is 8.75. The molecule has 2 heteroatoms. The maximum atomic E-state index is 11.3. The highest BCUT2D eigenvalue weighted by molar-refractivity contribution is 5.87. The molecule has 0 aromatic carbocycles. The van der Waals surface area contributed by atoms with Gasteiger partial charge in [-0.3, -0.25) is 0 Å². The van der Waals surface area contributed by atoms with Crippen molar-refractivity contribution in [2.75, 3.05) is 0 Å². The summed E-state index contributed by atoms with van der Waals surface area (Å²) in [6, 6.07) is 0. The molecule has 5 atom stereocenters. The van der Waals surface area contributed by atoms with E-state index < -0.39 is 5.97 Å². The molecule has 2 fully saturated rings. The highest BCUT2D eigenvalue weighted by Crippen LogP contribution is 2.64. The third kappa shape index (κ3) is 1.88. The second kappa shape index (κ2) is 4.72. The van der Waals surface area contributed by atoms with E-state index in [1.807, 2.05) is 6.08 Å². The molecule has 0 spiro atoms. The molecule has 1 N–H and O–H groups in total. The third-order valence-electron chi connectivity index (χ3n) is 7.82. The first-order valence-electron chi connectivity index (χ1n) is 9.08. The highest BCUT2D eigenvalue weighted by atomic mass is 16.4. The number of hydrogen-bond donors (Lipinski definition) is 1. The molecule has 0 radical (unpaired) electrons. The fraction of sp³-hybridized carbons (Fsp3) is 0.750. The minimum absolute atomic E-state index is 0.228. The van der Waals surface area contributed by atoms with Crippen LogP contribution in [0.4, 0.5) is 0 Å². The smallest absolute Gasteiger partial charge is 0.331 e. The number of rotatable bonds is 1. The second-order valence-corrected chi connectivity index (χ2v) is 8.75. The predicted octanol–water partition coefficient (Wildman–Crippen LogP) is 4.96. The predicted molar refractivity (Wildman–Crippen MR) is 87.4 cm³/mol. The first-order chi connectivity index (χ1) is 10.4. The quantitative estimate of drug-likeness (QED) is 0.743. The summed E-state index contributed by atoms with van der Waals surface area (Å²) in [7, 11) is 0. The van der Waals surface area contributed by atoms with E-state index >= 15 is 0 Å². The van der Waals surface area contributed by atoms with Crippen LogP contribution >= 0.6 is 0 Å². The Hall–Kier alpha value is -1.05. The first-order valence-corrected chi connectivity index (χ1v) is 9.08. The normalized spacial score (nSPS) is 46.9. The monoisotopic (exact) mass is 300 g/mol. The van der Waals surface area contributed by atoms with Gasteiger partial charge in [-0.2, -0.15) is 0 Å². The fourth-order valence-electron chi connectivity index (χ4n) is 6.49. The number of hydrogen-bond acceptors (Lipinski definition) is 1. The van der Waals surface area contributed by atoms with Crippen LogP contribution in [-0.2, 0) is 4.79 Å². The molecule has 0 aromatic heterocycles. The van der Waals surface area contributed by atoms with Crippen molar-refractivity contribution >= 4 is 5.97 Å². The SMILES string of the molecule is C[C@@]12CCC[C@H]1[C@@H]1CC=C3C=C(C(=O)O)CC[C@]3(C)[C@@H]1CC2. The number of allylic oxidation sites excluding steroid dienone is 3. The fourth-order valence-corrected chi connectivity index (χ4v) is 6.49. The zero-order valence-electron chi connectivity index (χ0n) is 13.9. The molecule has 4 aliphatic carbocycles. The molecule has 2 saturated carbocycles. The zero-order chi connectivity index (χ0) is 15.5. The Kier molecular flexibility index (Phi) is 3.12. The Morgan fingerprint density at radius 3 is 2.77 bits per heavy atom. The van der Waals surface area contributed by atoms with Gasteiger partial charge in [-0.25, -0.2) is 4.79 Å². The maximum absolute atomic E-state index is 11.3. The van der Waals surface area contributed by atoms with Crippen molar-refractivity contribution in [1.29, 1.82) is 0 Å². The number of aliphatic carboxylic acids is 1. The molecule has 0 heterocycles. The van der Waals surface area contributed by atoms with Gasteiger partial charge in [-0.05, 0) is 85.2 Å². The van der Waals surface area contributed by atoms with Crippen molar-refractivity contribution in [3.8, 4) is 0 Å². The molecule has 0 amide bonds. The molecule has 0 aliphatic heterocycles. The van der Waals surface area contributed by atoms with E-state index in [-0.39, 0.29) is 5.41 Å². The van der Waals surface area contributed by atoms with Gasteiger partial charge in [0.25, 0.3) is 0 Å². The minimum atomic E-state index is -0.725. The molecule has 4 aliphatic rings. The largest absolute Gasteiger partial charge is 0.478 e. The maximum Gasteiger partial charge on any atom is 0.331 e. The molecule has 0 aromatic rings. The molecular weight excluding hydrogens is 272 g/mol. The summed E-state index contributed by atoms with van der Waals surface area (Å²) in [6.45, 7) is 4.95. The molecule has 120 valence electrons. The Labute approximate surface area is 133 Å². The number of carboxylic acids is 1. The molecule has 4 rings (SSSR count). The Morgan fingerprint density at radius 1 is 1.18 bits per heavy atom. The van der Waals surface area contributed by atoms with Gasteiger partial charge in [0.1, 0.15) is 0 Å². The summed E-state index contributed by atoms with van der Waals surface area (Å²) in [5, 5.41) is 9.31. The van der Waals surface area contributed by atoms with E-state index in [9.17, 15) is 9.90 Å². The zero-order valence-corrected chi connectivity index (χ0v) is 13.9. The van der Waals surface area contributed by atoms with Crippen LogP contribution in [0.2, 0.25) is 0 Å². The first kappa shape index (κ1) is 14.5. The molecule has 2 nitrogen and oxygen atoms in total. The lowest BCUT2D eigenvalue weighted by Crippen LogP contribution is -2.48. The van der Waals surface area contributed by atoms with Gasteiger partial charge < -0.3 is 5.11 Å². The molecule has 0 unspecified atom stereocenters. The van der Waals surface area contributed by atoms with Crippen molar-refractivity contribution in [3.63, 3.8) is 0 Å². The van der Waals surface area contributed by atoms with Crippen LogP contribution < -0.4 is 0 Å². The van der Waals surface area contributed by atoms with Crippen LogP contribution in [0, 0.1) is 28.6 Å². The minimum Gasteiger partial charge on any atom is -0.478 e. The Morgan fingerprint density at radius 2 is 2.00 bits per heavy atom. The number of carbonyl (C=O) groups is 1. The summed E-state index contributed by atoms with van der Waals surface area (Å²) >= 11 is 0. The molecule has 0 bridgehead atoms. The average Bonchev–Trinajstić information content (AvgIpc) is 2.88. The van der Waals surface area contributed by atoms with E-state index in [1.165, 1.54) is 44.1 Å². The van der Waals surface area contributed by atoms with E-state index in [2.05, 4.69) is 19.9 Å². The lowest BCUT2D eigenvalue weighted by atomic mass is 9.48.